The van der Waals surface area contributed by atoms with Gasteiger partial charge in [0.1, 0.15) is 12.6 Å². The van der Waals surface area contributed by atoms with Crippen LogP contribution in [0.15, 0.2) is 48.5 Å². The molecule has 0 radical (unpaired) electrons. The van der Waals surface area contributed by atoms with Crippen molar-refractivity contribution in [3.05, 3.63) is 64.1 Å². The SMILES string of the molecule is O=C(CN1C(=O)NC(c2ccccc2)C1=O)Nc1cc(Cl)ccc1Cl. The summed E-state index contributed by atoms with van der Waals surface area (Å²) in [4.78, 5) is 37.5. The molecule has 2 aromatic carbocycles. The maximum atomic E-state index is 12.4. The third kappa shape index (κ3) is 3.75. The summed E-state index contributed by atoms with van der Waals surface area (Å²) in [5, 5.41) is 5.82. The van der Waals surface area contributed by atoms with Gasteiger partial charge in [-0.15, -0.1) is 0 Å². The molecule has 1 unspecified atom stereocenters. The maximum Gasteiger partial charge on any atom is 0.325 e. The normalized spacial score (nSPS) is 16.7. The van der Waals surface area contributed by atoms with Crippen LogP contribution in [0.3, 0.4) is 0 Å². The number of imide groups is 1. The van der Waals surface area contributed by atoms with Gasteiger partial charge in [0.15, 0.2) is 0 Å². The summed E-state index contributed by atoms with van der Waals surface area (Å²) in [6.45, 7) is -0.420. The molecule has 0 bridgehead atoms. The molecule has 4 amide bonds. The van der Waals surface area contributed by atoms with Gasteiger partial charge < -0.3 is 10.6 Å². The first kappa shape index (κ1) is 17.3. The van der Waals surface area contributed by atoms with E-state index in [1.807, 2.05) is 6.07 Å². The van der Waals surface area contributed by atoms with E-state index in [4.69, 9.17) is 23.2 Å². The standard InChI is InChI=1S/C17H13Cl2N3O3/c18-11-6-7-12(19)13(8-11)20-14(23)9-22-16(24)15(21-17(22)25)10-4-2-1-3-5-10/h1-8,15H,9H2,(H,20,23)(H,21,25). The van der Waals surface area contributed by atoms with Gasteiger partial charge in [-0.3, -0.25) is 14.5 Å². The Bertz CT molecular complexity index is 842. The fraction of sp³-hybridized carbons (Fsp3) is 0.118. The van der Waals surface area contributed by atoms with Gasteiger partial charge in [-0.05, 0) is 23.8 Å². The molecule has 1 atom stereocenters. The first-order chi connectivity index (χ1) is 12.0. The van der Waals surface area contributed by atoms with E-state index < -0.39 is 30.4 Å². The van der Waals surface area contributed by atoms with Crippen LogP contribution in [0.25, 0.3) is 0 Å². The van der Waals surface area contributed by atoms with E-state index in [1.54, 1.807) is 36.4 Å². The molecule has 0 spiro atoms. The van der Waals surface area contributed by atoms with Crippen molar-refractivity contribution in [3.63, 3.8) is 0 Å². The number of amides is 4. The number of hydrogen-bond acceptors (Lipinski definition) is 3. The highest BCUT2D eigenvalue weighted by molar-refractivity contribution is 6.35. The number of nitrogens with zero attached hydrogens (tertiary/aromatic N) is 1. The second kappa shape index (κ2) is 7.13. The fourth-order valence-corrected chi connectivity index (χ4v) is 2.80. The Morgan fingerprint density at radius 3 is 2.56 bits per heavy atom. The van der Waals surface area contributed by atoms with E-state index in [0.717, 1.165) is 4.90 Å². The highest BCUT2D eigenvalue weighted by Crippen LogP contribution is 2.26. The summed E-state index contributed by atoms with van der Waals surface area (Å²) in [5.41, 5.74) is 0.965. The minimum Gasteiger partial charge on any atom is -0.323 e. The minimum atomic E-state index is -0.795. The number of nitrogens with one attached hydrogen (secondary N) is 2. The molecule has 8 heteroatoms. The Kier molecular flexibility index (Phi) is 4.92. The van der Waals surface area contributed by atoms with E-state index >= 15 is 0 Å². The molecule has 1 fully saturated rings. The Hall–Kier alpha value is -2.57. The van der Waals surface area contributed by atoms with Crippen LogP contribution in [-0.2, 0) is 9.59 Å². The molecule has 1 saturated heterocycles. The van der Waals surface area contributed by atoms with Crippen LogP contribution < -0.4 is 10.6 Å². The van der Waals surface area contributed by atoms with E-state index in [2.05, 4.69) is 10.6 Å². The predicted octanol–water partition coefficient (Wildman–Crippen LogP) is 3.23. The van der Waals surface area contributed by atoms with Gasteiger partial charge in [-0.2, -0.15) is 0 Å². The highest BCUT2D eigenvalue weighted by Gasteiger charge is 2.39. The summed E-state index contributed by atoms with van der Waals surface area (Å²) >= 11 is 11.8. The fourth-order valence-electron chi connectivity index (χ4n) is 2.47. The lowest BCUT2D eigenvalue weighted by Crippen LogP contribution is -2.38. The molecule has 2 aromatic rings. The van der Waals surface area contributed by atoms with E-state index in [-0.39, 0.29) is 0 Å². The lowest BCUT2D eigenvalue weighted by atomic mass is 10.1. The van der Waals surface area contributed by atoms with Gasteiger partial charge in [-0.25, -0.2) is 4.79 Å². The Morgan fingerprint density at radius 1 is 1.12 bits per heavy atom. The van der Waals surface area contributed by atoms with Gasteiger partial charge in [0, 0.05) is 5.02 Å². The van der Waals surface area contributed by atoms with Crippen molar-refractivity contribution >= 4 is 46.7 Å². The molecule has 0 aromatic heterocycles. The van der Waals surface area contributed by atoms with Gasteiger partial charge in [0.2, 0.25) is 5.91 Å². The average molecular weight is 378 g/mol. The molecule has 3 rings (SSSR count). The first-order valence-electron chi connectivity index (χ1n) is 7.37. The molecule has 2 N–H and O–H groups in total. The molecule has 1 heterocycles. The quantitative estimate of drug-likeness (QED) is 0.802. The van der Waals surface area contributed by atoms with Crippen molar-refractivity contribution in [2.45, 2.75) is 6.04 Å². The molecule has 128 valence electrons. The predicted molar refractivity (Wildman–Crippen MR) is 94.5 cm³/mol. The monoisotopic (exact) mass is 377 g/mol. The van der Waals surface area contributed by atoms with Gasteiger partial charge in [-0.1, -0.05) is 53.5 Å². The summed E-state index contributed by atoms with van der Waals surface area (Å²) in [7, 11) is 0. The van der Waals surface area contributed by atoms with Crippen molar-refractivity contribution in [3.8, 4) is 0 Å². The number of halogens is 2. The second-order valence-corrected chi connectivity index (χ2v) is 6.23. The van der Waals surface area contributed by atoms with Crippen LogP contribution >= 0.6 is 23.2 Å². The highest BCUT2D eigenvalue weighted by atomic mass is 35.5. The van der Waals surface area contributed by atoms with Crippen LogP contribution in [0.4, 0.5) is 10.5 Å². The number of rotatable bonds is 4. The van der Waals surface area contributed by atoms with E-state index in [9.17, 15) is 14.4 Å². The van der Waals surface area contributed by atoms with Crippen LogP contribution in [-0.4, -0.2) is 29.3 Å². The topological polar surface area (TPSA) is 78.5 Å². The Labute approximate surface area is 153 Å². The van der Waals surface area contributed by atoms with Crippen molar-refractivity contribution in [2.75, 3.05) is 11.9 Å². The van der Waals surface area contributed by atoms with E-state index in [0.29, 0.717) is 21.3 Å². The van der Waals surface area contributed by atoms with Crippen molar-refractivity contribution < 1.29 is 14.4 Å². The Morgan fingerprint density at radius 2 is 1.84 bits per heavy atom. The third-order valence-electron chi connectivity index (χ3n) is 3.66. The van der Waals surface area contributed by atoms with Crippen molar-refractivity contribution in [1.29, 1.82) is 0 Å². The smallest absolute Gasteiger partial charge is 0.323 e. The van der Waals surface area contributed by atoms with Crippen LogP contribution in [0.2, 0.25) is 10.0 Å². The zero-order chi connectivity index (χ0) is 18.0. The number of urea groups is 1. The molecule has 25 heavy (non-hydrogen) atoms. The Balaban J connectivity index is 1.70. The zero-order valence-corrected chi connectivity index (χ0v) is 14.3. The number of carbonyl (C=O) groups excluding carboxylic acids is 3. The third-order valence-corrected chi connectivity index (χ3v) is 4.23. The first-order valence-corrected chi connectivity index (χ1v) is 8.13. The molecule has 1 aliphatic rings. The lowest BCUT2D eigenvalue weighted by Gasteiger charge is -2.14. The van der Waals surface area contributed by atoms with Crippen LogP contribution in [0.1, 0.15) is 11.6 Å². The summed E-state index contributed by atoms with van der Waals surface area (Å²) in [6, 6.07) is 12.0. The zero-order valence-electron chi connectivity index (χ0n) is 12.8. The summed E-state index contributed by atoms with van der Waals surface area (Å²) in [5.74, 6) is -1.04. The minimum absolute atomic E-state index is 0.303. The second-order valence-electron chi connectivity index (χ2n) is 5.39. The van der Waals surface area contributed by atoms with E-state index in [1.165, 1.54) is 6.07 Å². The van der Waals surface area contributed by atoms with Crippen molar-refractivity contribution in [1.82, 2.24) is 10.2 Å². The lowest BCUT2D eigenvalue weighted by molar-refractivity contribution is -0.130. The number of anilines is 1. The molecular formula is C17H13Cl2N3O3. The largest absolute Gasteiger partial charge is 0.325 e. The molecule has 1 aliphatic heterocycles. The number of benzene rings is 2. The maximum absolute atomic E-state index is 12.4. The number of carbonyl (C=O) groups is 3. The van der Waals surface area contributed by atoms with Crippen molar-refractivity contribution in [2.24, 2.45) is 0 Å². The molecule has 0 aliphatic carbocycles. The summed E-state index contributed by atoms with van der Waals surface area (Å²) in [6.07, 6.45) is 0. The van der Waals surface area contributed by atoms with Gasteiger partial charge in [0.05, 0.1) is 10.7 Å². The average Bonchev–Trinajstić information content (AvgIpc) is 2.87. The number of hydrogen-bond donors (Lipinski definition) is 2. The molecular weight excluding hydrogens is 365 g/mol. The van der Waals surface area contributed by atoms with Crippen LogP contribution in [0.5, 0.6) is 0 Å². The molecule has 6 nitrogen and oxygen atoms in total. The molecule has 0 saturated carbocycles. The van der Waals surface area contributed by atoms with Crippen LogP contribution in [0, 0.1) is 0 Å². The van der Waals surface area contributed by atoms with Gasteiger partial charge in [0.25, 0.3) is 5.91 Å². The van der Waals surface area contributed by atoms with Gasteiger partial charge >= 0.3 is 6.03 Å². The summed E-state index contributed by atoms with van der Waals surface area (Å²) < 4.78 is 0.